The van der Waals surface area contributed by atoms with Gasteiger partial charge < -0.3 is 14.6 Å². The van der Waals surface area contributed by atoms with Crippen LogP contribution in [0.1, 0.15) is 55.0 Å². The Morgan fingerprint density at radius 3 is 2.26 bits per heavy atom. The predicted octanol–water partition coefficient (Wildman–Crippen LogP) is 5.43. The fraction of sp³-hybridized carbons (Fsp3) is 0.560. The minimum Gasteiger partial charge on any atom is -0.379 e. The molecule has 9 heteroatoms. The van der Waals surface area contributed by atoms with E-state index in [9.17, 15) is 13.6 Å². The van der Waals surface area contributed by atoms with Crippen LogP contribution in [-0.4, -0.2) is 54.1 Å². The molecule has 1 N–H and O–H groups in total. The maximum Gasteiger partial charge on any atom is 0.278 e. The maximum absolute atomic E-state index is 15.1. The molecule has 5 nitrogen and oxygen atoms in total. The molecule has 0 aliphatic carbocycles. The van der Waals surface area contributed by atoms with E-state index < -0.39 is 36.3 Å². The van der Waals surface area contributed by atoms with Crippen LogP contribution >= 0.6 is 0 Å². The van der Waals surface area contributed by atoms with E-state index in [1.807, 2.05) is 20.8 Å². The summed E-state index contributed by atoms with van der Waals surface area (Å²) in [6.45, 7) is 8.92. The lowest BCUT2D eigenvalue weighted by atomic mass is 9.91. The summed E-state index contributed by atoms with van der Waals surface area (Å²) in [7, 11) is 0. The molecule has 34 heavy (non-hydrogen) atoms. The summed E-state index contributed by atoms with van der Waals surface area (Å²) in [5, 5.41) is 2.64. The number of amides is 1. The van der Waals surface area contributed by atoms with E-state index in [0.29, 0.717) is 37.7 Å². The summed E-state index contributed by atoms with van der Waals surface area (Å²) < 4.78 is 64.3. The summed E-state index contributed by atoms with van der Waals surface area (Å²) in [5.74, 6) is -6.60. The van der Waals surface area contributed by atoms with E-state index in [2.05, 4.69) is 5.32 Å². The zero-order valence-electron chi connectivity index (χ0n) is 20.4. The van der Waals surface area contributed by atoms with Gasteiger partial charge in [-0.05, 0) is 25.1 Å². The summed E-state index contributed by atoms with van der Waals surface area (Å²) in [6.07, 6.45) is 0. The standard InChI is InChI=1S/C25H33F4N3O2/c1-17-20(22(33)30-19-8-6-7-18(13-19)24(5,26)27)14-21(23(2,3)4)32(17)16-25(28,29)15-31-9-11-34-12-10-31/h6-8,13-14H,9-12,15-16H2,1-5H3,(H,30,33). The zero-order valence-corrected chi connectivity index (χ0v) is 20.4. The number of ether oxygens (including phenoxy) is 1. The lowest BCUT2D eigenvalue weighted by molar-refractivity contribution is -0.0679. The first kappa shape index (κ1) is 26.2. The van der Waals surface area contributed by atoms with Crippen molar-refractivity contribution < 1.29 is 27.1 Å². The van der Waals surface area contributed by atoms with Crippen LogP contribution < -0.4 is 5.32 Å². The van der Waals surface area contributed by atoms with Crippen LogP contribution in [0.2, 0.25) is 0 Å². The number of carbonyl (C=O) groups excluding carboxylic acids is 1. The van der Waals surface area contributed by atoms with Gasteiger partial charge >= 0.3 is 0 Å². The topological polar surface area (TPSA) is 46.5 Å². The summed E-state index contributed by atoms with van der Waals surface area (Å²) in [4.78, 5) is 14.7. The van der Waals surface area contributed by atoms with E-state index in [1.54, 1.807) is 17.9 Å². The molecular formula is C25H33F4N3O2. The third kappa shape index (κ3) is 6.39. The highest BCUT2D eigenvalue weighted by molar-refractivity contribution is 6.05. The second kappa shape index (κ2) is 9.70. The highest BCUT2D eigenvalue weighted by Gasteiger charge is 2.36. The van der Waals surface area contributed by atoms with Gasteiger partial charge in [0.2, 0.25) is 0 Å². The van der Waals surface area contributed by atoms with Crippen molar-refractivity contribution in [1.82, 2.24) is 9.47 Å². The Morgan fingerprint density at radius 1 is 1.03 bits per heavy atom. The molecule has 2 heterocycles. The lowest BCUT2D eigenvalue weighted by Gasteiger charge is -2.32. The summed E-state index contributed by atoms with van der Waals surface area (Å²) >= 11 is 0. The van der Waals surface area contributed by atoms with Gasteiger partial charge in [0.25, 0.3) is 17.8 Å². The largest absolute Gasteiger partial charge is 0.379 e. The van der Waals surface area contributed by atoms with E-state index in [-0.39, 0.29) is 16.8 Å². The van der Waals surface area contributed by atoms with Crippen molar-refractivity contribution in [2.75, 3.05) is 38.2 Å². The smallest absolute Gasteiger partial charge is 0.278 e. The van der Waals surface area contributed by atoms with Crippen molar-refractivity contribution in [3.8, 4) is 0 Å². The average molecular weight is 484 g/mol. The summed E-state index contributed by atoms with van der Waals surface area (Å²) in [5.41, 5.74) is 0.735. The molecule has 0 unspecified atom stereocenters. The van der Waals surface area contributed by atoms with Crippen molar-refractivity contribution in [1.29, 1.82) is 0 Å². The van der Waals surface area contributed by atoms with Gasteiger partial charge in [-0.15, -0.1) is 0 Å². The van der Waals surface area contributed by atoms with E-state index in [1.165, 1.54) is 28.8 Å². The van der Waals surface area contributed by atoms with Crippen LogP contribution in [0.4, 0.5) is 23.2 Å². The van der Waals surface area contributed by atoms with Crippen molar-refractivity contribution in [3.63, 3.8) is 0 Å². The molecule has 188 valence electrons. The van der Waals surface area contributed by atoms with E-state index >= 15 is 8.78 Å². The quantitative estimate of drug-likeness (QED) is 0.535. The number of nitrogens with one attached hydrogen (secondary N) is 1. The number of alkyl halides is 4. The Labute approximate surface area is 198 Å². The number of nitrogens with zero attached hydrogens (tertiary/aromatic N) is 2. The van der Waals surface area contributed by atoms with Gasteiger partial charge in [-0.1, -0.05) is 32.9 Å². The second-order valence-electron chi connectivity index (χ2n) is 10.0. The average Bonchev–Trinajstić information content (AvgIpc) is 3.04. The normalized spacial score (nSPS) is 16.0. The molecule has 2 aromatic rings. The number of benzene rings is 1. The Hall–Kier alpha value is -2.39. The number of carbonyl (C=O) groups is 1. The molecule has 1 amide bonds. The molecule has 1 aliphatic heterocycles. The van der Waals surface area contributed by atoms with Crippen LogP contribution in [0.25, 0.3) is 0 Å². The molecule has 0 atom stereocenters. The molecule has 1 saturated heterocycles. The van der Waals surface area contributed by atoms with Gasteiger partial charge in [0.1, 0.15) is 0 Å². The van der Waals surface area contributed by atoms with E-state index in [0.717, 1.165) is 6.92 Å². The van der Waals surface area contributed by atoms with Crippen LogP contribution in [-0.2, 0) is 22.6 Å². The van der Waals surface area contributed by atoms with Crippen molar-refractivity contribution in [3.05, 3.63) is 52.8 Å². The zero-order chi connectivity index (χ0) is 25.3. The number of anilines is 1. The first-order chi connectivity index (χ1) is 15.7. The molecular weight excluding hydrogens is 450 g/mol. The van der Waals surface area contributed by atoms with Crippen LogP contribution in [0.5, 0.6) is 0 Å². The number of hydrogen-bond acceptors (Lipinski definition) is 3. The molecule has 1 aromatic heterocycles. The Balaban J connectivity index is 1.87. The Kier molecular flexibility index (Phi) is 7.48. The number of rotatable bonds is 7. The number of morpholine rings is 1. The fourth-order valence-corrected chi connectivity index (χ4v) is 4.14. The van der Waals surface area contributed by atoms with Gasteiger partial charge in [0.15, 0.2) is 0 Å². The number of hydrogen-bond donors (Lipinski definition) is 1. The minimum absolute atomic E-state index is 0.214. The first-order valence-corrected chi connectivity index (χ1v) is 11.4. The molecule has 1 aromatic carbocycles. The van der Waals surface area contributed by atoms with Crippen LogP contribution in [0.15, 0.2) is 30.3 Å². The molecule has 1 aliphatic rings. The van der Waals surface area contributed by atoms with Gasteiger partial charge in [-0.3, -0.25) is 9.69 Å². The minimum atomic E-state index is -3.05. The third-order valence-electron chi connectivity index (χ3n) is 5.95. The monoisotopic (exact) mass is 483 g/mol. The van der Waals surface area contributed by atoms with Gasteiger partial charge in [0.05, 0.1) is 31.9 Å². The molecule has 3 rings (SSSR count). The highest BCUT2D eigenvalue weighted by Crippen LogP contribution is 2.32. The molecule has 0 radical (unpaired) electrons. The van der Waals surface area contributed by atoms with Gasteiger partial charge in [-0.2, -0.15) is 0 Å². The predicted molar refractivity (Wildman–Crippen MR) is 124 cm³/mol. The SMILES string of the molecule is Cc1c(C(=O)Nc2cccc(C(C)(F)F)c2)cc(C(C)(C)C)n1CC(F)(F)CN1CCOCC1. The van der Waals surface area contributed by atoms with Gasteiger partial charge in [0, 0.05) is 48.1 Å². The highest BCUT2D eigenvalue weighted by atomic mass is 19.3. The summed E-state index contributed by atoms with van der Waals surface area (Å²) in [6, 6.07) is 7.07. The number of aromatic nitrogens is 1. The fourth-order valence-electron chi connectivity index (χ4n) is 4.14. The van der Waals surface area contributed by atoms with Crippen molar-refractivity contribution in [2.24, 2.45) is 0 Å². The van der Waals surface area contributed by atoms with Gasteiger partial charge in [-0.25, -0.2) is 17.6 Å². The molecule has 1 fully saturated rings. The maximum atomic E-state index is 15.1. The van der Waals surface area contributed by atoms with Crippen LogP contribution in [0.3, 0.4) is 0 Å². The third-order valence-corrected chi connectivity index (χ3v) is 5.95. The lowest BCUT2D eigenvalue weighted by Crippen LogP contribution is -2.45. The van der Waals surface area contributed by atoms with Crippen molar-refractivity contribution in [2.45, 2.75) is 58.4 Å². The second-order valence-corrected chi connectivity index (χ2v) is 10.0. The van der Waals surface area contributed by atoms with E-state index in [4.69, 9.17) is 4.74 Å². The molecule has 0 saturated carbocycles. The number of halogens is 4. The Bertz CT molecular complexity index is 1020. The Morgan fingerprint density at radius 2 is 1.68 bits per heavy atom. The molecule has 0 spiro atoms. The van der Waals surface area contributed by atoms with Crippen molar-refractivity contribution >= 4 is 11.6 Å². The molecule has 0 bridgehead atoms. The first-order valence-electron chi connectivity index (χ1n) is 11.4. The van der Waals surface area contributed by atoms with Crippen LogP contribution in [0, 0.1) is 6.92 Å².